The van der Waals surface area contributed by atoms with Crippen LogP contribution in [-0.4, -0.2) is 25.7 Å². The fourth-order valence-corrected chi connectivity index (χ4v) is 5.69. The number of benzene rings is 3. The molecule has 0 bridgehead atoms. The highest BCUT2D eigenvalue weighted by molar-refractivity contribution is 6.41. The number of hydrogen-bond acceptors (Lipinski definition) is 5. The van der Waals surface area contributed by atoms with E-state index in [1.807, 2.05) is 64.7 Å². The van der Waals surface area contributed by atoms with Gasteiger partial charge in [-0.05, 0) is 68.3 Å². The van der Waals surface area contributed by atoms with E-state index in [0.717, 1.165) is 33.7 Å². The van der Waals surface area contributed by atoms with E-state index >= 15 is 0 Å². The lowest BCUT2D eigenvalue weighted by atomic mass is 9.99. The highest BCUT2D eigenvalue weighted by atomic mass is 16.2. The van der Waals surface area contributed by atoms with Gasteiger partial charge in [-0.3, -0.25) is 14.2 Å². The van der Waals surface area contributed by atoms with Crippen molar-refractivity contribution in [1.82, 2.24) is 14.1 Å². The molecule has 0 N–H and O–H groups in total. The lowest BCUT2D eigenvalue weighted by molar-refractivity contribution is 0.0990. The molecule has 0 aliphatic heterocycles. The molecule has 1 aliphatic rings. The van der Waals surface area contributed by atoms with Crippen LogP contribution < -0.4 is 0 Å². The second kappa shape index (κ2) is 9.04. The highest BCUT2D eigenvalue weighted by Crippen LogP contribution is 2.35. The predicted molar refractivity (Wildman–Crippen MR) is 152 cm³/mol. The fraction of sp³-hybridized carbons (Fsp3) is 0.121. The minimum Gasteiger partial charge on any atom is -0.326 e. The van der Waals surface area contributed by atoms with Gasteiger partial charge in [-0.15, -0.1) is 0 Å². The second-order valence-corrected chi connectivity index (χ2v) is 10.1. The summed E-state index contributed by atoms with van der Waals surface area (Å²) in [7, 11) is 1.96. The van der Waals surface area contributed by atoms with Crippen molar-refractivity contribution in [1.29, 1.82) is 10.5 Å². The quantitative estimate of drug-likeness (QED) is 0.209. The molecule has 0 spiro atoms. The van der Waals surface area contributed by atoms with Gasteiger partial charge in [0.2, 0.25) is 0 Å². The molecule has 0 amide bonds. The molecule has 2 heterocycles. The molecule has 7 heteroatoms. The van der Waals surface area contributed by atoms with Gasteiger partial charge >= 0.3 is 0 Å². The monoisotopic (exact) mass is 521 g/mol. The number of allylic oxidation sites excluding steroid dienone is 1. The summed E-state index contributed by atoms with van der Waals surface area (Å²) in [6.45, 7) is 6.24. The van der Waals surface area contributed by atoms with Crippen LogP contribution in [0.1, 0.15) is 54.2 Å². The molecule has 0 radical (unpaired) electrons. The minimum atomic E-state index is -0.467. The number of ketones is 2. The van der Waals surface area contributed by atoms with Crippen LogP contribution in [0.25, 0.3) is 34.3 Å². The van der Waals surface area contributed by atoms with Crippen LogP contribution in [0.2, 0.25) is 0 Å². The average Bonchev–Trinajstić information content (AvgIpc) is 3.52. The molecule has 6 rings (SSSR count). The zero-order chi connectivity index (χ0) is 28.3. The summed E-state index contributed by atoms with van der Waals surface area (Å²) in [5.41, 5.74) is 7.93. The van der Waals surface area contributed by atoms with E-state index in [2.05, 4.69) is 32.9 Å². The summed E-state index contributed by atoms with van der Waals surface area (Å²) in [5.74, 6) is -0.104. The first-order valence-corrected chi connectivity index (χ1v) is 12.7. The number of hydrogen-bond donors (Lipinski definition) is 0. The maximum atomic E-state index is 13.4. The minimum absolute atomic E-state index is 0.0144. The van der Waals surface area contributed by atoms with Gasteiger partial charge in [0, 0.05) is 29.4 Å². The van der Waals surface area contributed by atoms with Gasteiger partial charge in [-0.2, -0.15) is 10.5 Å². The lowest BCUT2D eigenvalue weighted by Gasteiger charge is -2.12. The molecule has 0 unspecified atom stereocenters. The molecule has 2 aromatic heterocycles. The summed E-state index contributed by atoms with van der Waals surface area (Å²) >= 11 is 0. The Morgan fingerprint density at radius 3 is 1.95 bits per heavy atom. The molecule has 1 aliphatic carbocycles. The SMILES string of the molecule is Cc1cc(C)c(-c2nc3c(cc(C=C4C(=O)c5cc(C#N)c(C#N)cc5C4=O)n3-c3ccccc3)n2C)c(C)c1. The Labute approximate surface area is 230 Å². The molecule has 5 aromatic rings. The van der Waals surface area contributed by atoms with Crippen LogP contribution in [-0.2, 0) is 7.05 Å². The first-order valence-electron chi connectivity index (χ1n) is 12.7. The molecular formula is C33H23N5O2. The number of carbonyl (C=O) groups is 2. The lowest BCUT2D eigenvalue weighted by Crippen LogP contribution is -2.03. The second-order valence-electron chi connectivity index (χ2n) is 10.1. The third kappa shape index (κ3) is 3.60. The van der Waals surface area contributed by atoms with Gasteiger partial charge in [0.05, 0.1) is 27.9 Å². The summed E-state index contributed by atoms with van der Waals surface area (Å²) in [4.78, 5) is 31.8. The summed E-state index contributed by atoms with van der Waals surface area (Å²) in [6.07, 6.45) is 1.58. The first-order chi connectivity index (χ1) is 19.2. The number of nitriles is 2. The zero-order valence-corrected chi connectivity index (χ0v) is 22.4. The van der Waals surface area contributed by atoms with Gasteiger partial charge in [-0.1, -0.05) is 35.9 Å². The van der Waals surface area contributed by atoms with E-state index in [4.69, 9.17) is 4.98 Å². The Hall–Kier alpha value is -5.53. The number of aromatic nitrogens is 3. The Morgan fingerprint density at radius 2 is 1.40 bits per heavy atom. The van der Waals surface area contributed by atoms with Gasteiger partial charge in [0.15, 0.2) is 17.2 Å². The summed E-state index contributed by atoms with van der Waals surface area (Å²) in [5, 5.41) is 18.8. The summed E-state index contributed by atoms with van der Waals surface area (Å²) < 4.78 is 3.97. The number of fused-ring (bicyclic) bond motifs is 2. The van der Waals surface area contributed by atoms with Crippen LogP contribution in [0.5, 0.6) is 0 Å². The van der Waals surface area contributed by atoms with Crippen molar-refractivity contribution in [2.24, 2.45) is 7.05 Å². The van der Waals surface area contributed by atoms with Crippen molar-refractivity contribution in [2.45, 2.75) is 20.8 Å². The van der Waals surface area contributed by atoms with Crippen molar-refractivity contribution in [3.8, 4) is 29.2 Å². The zero-order valence-electron chi connectivity index (χ0n) is 22.4. The van der Waals surface area contributed by atoms with Crippen molar-refractivity contribution < 1.29 is 9.59 Å². The molecular weight excluding hydrogens is 498 g/mol. The molecule has 0 saturated carbocycles. The molecule has 40 heavy (non-hydrogen) atoms. The molecule has 3 aromatic carbocycles. The Bertz CT molecular complexity index is 1960. The third-order valence-corrected chi connectivity index (χ3v) is 7.46. The van der Waals surface area contributed by atoms with Crippen molar-refractivity contribution in [3.05, 3.63) is 111 Å². The average molecular weight is 522 g/mol. The van der Waals surface area contributed by atoms with E-state index < -0.39 is 11.6 Å². The fourth-order valence-electron chi connectivity index (χ4n) is 5.69. The topological polar surface area (TPSA) is 104 Å². The van der Waals surface area contributed by atoms with E-state index in [0.29, 0.717) is 11.3 Å². The van der Waals surface area contributed by atoms with Crippen LogP contribution in [0.15, 0.2) is 66.2 Å². The normalized spacial score (nSPS) is 12.5. The predicted octanol–water partition coefficient (Wildman–Crippen LogP) is 6.16. The van der Waals surface area contributed by atoms with E-state index in [1.165, 1.54) is 17.7 Å². The van der Waals surface area contributed by atoms with Crippen LogP contribution in [0.4, 0.5) is 0 Å². The van der Waals surface area contributed by atoms with Crippen LogP contribution in [0.3, 0.4) is 0 Å². The maximum Gasteiger partial charge on any atom is 0.197 e. The highest BCUT2D eigenvalue weighted by Gasteiger charge is 2.35. The number of carbonyl (C=O) groups excluding carboxylic acids is 2. The summed E-state index contributed by atoms with van der Waals surface area (Å²) in [6, 6.07) is 22.4. The van der Waals surface area contributed by atoms with Gasteiger partial charge < -0.3 is 4.57 Å². The smallest absolute Gasteiger partial charge is 0.197 e. The van der Waals surface area contributed by atoms with E-state index in [1.54, 1.807) is 6.08 Å². The van der Waals surface area contributed by atoms with Gasteiger partial charge in [-0.25, -0.2) is 4.98 Å². The maximum absolute atomic E-state index is 13.4. The first kappa shape index (κ1) is 24.8. The van der Waals surface area contributed by atoms with E-state index in [-0.39, 0.29) is 27.8 Å². The largest absolute Gasteiger partial charge is 0.326 e. The van der Waals surface area contributed by atoms with Crippen LogP contribution >= 0.6 is 0 Å². The number of imidazole rings is 1. The Balaban J connectivity index is 1.57. The van der Waals surface area contributed by atoms with Crippen molar-refractivity contribution >= 4 is 28.8 Å². The van der Waals surface area contributed by atoms with E-state index in [9.17, 15) is 20.1 Å². The molecule has 0 atom stereocenters. The number of para-hydroxylation sites is 1. The molecule has 0 fully saturated rings. The number of nitrogens with zero attached hydrogens (tertiary/aromatic N) is 5. The molecule has 0 saturated heterocycles. The van der Waals surface area contributed by atoms with Gasteiger partial charge in [0.25, 0.3) is 0 Å². The standard InChI is InChI=1S/C33H23N5O2/c1-18-10-19(2)29(20(3)11-18)33-36-32-28(37(33)4)15-24(38(32)23-8-6-5-7-9-23)14-27-30(39)25-12-21(16-34)22(17-35)13-26(25)31(27)40/h5-15H,1-4H3. The Morgan fingerprint density at radius 1 is 0.825 bits per heavy atom. The van der Waals surface area contributed by atoms with Crippen molar-refractivity contribution in [3.63, 3.8) is 0 Å². The van der Waals surface area contributed by atoms with Crippen molar-refractivity contribution in [2.75, 3.05) is 0 Å². The number of rotatable bonds is 3. The Kier molecular flexibility index (Phi) is 5.60. The van der Waals surface area contributed by atoms with Crippen LogP contribution in [0, 0.1) is 43.4 Å². The number of aryl methyl sites for hydroxylation is 4. The third-order valence-electron chi connectivity index (χ3n) is 7.46. The molecule has 7 nitrogen and oxygen atoms in total. The molecule has 192 valence electrons. The number of Topliss-reactive ketones (excluding diaryl/α,β-unsaturated/α-hetero) is 2. The van der Waals surface area contributed by atoms with Gasteiger partial charge in [0.1, 0.15) is 18.0 Å².